The van der Waals surface area contributed by atoms with Crippen molar-refractivity contribution in [3.63, 3.8) is 0 Å². The van der Waals surface area contributed by atoms with Gasteiger partial charge in [-0.15, -0.1) is 0 Å². The van der Waals surface area contributed by atoms with Gasteiger partial charge in [0.15, 0.2) is 5.11 Å². The first-order chi connectivity index (χ1) is 10.6. The third-order valence-electron chi connectivity index (χ3n) is 3.36. The van der Waals surface area contributed by atoms with Crippen LogP contribution in [-0.4, -0.2) is 54.3 Å². The Morgan fingerprint density at radius 2 is 2.18 bits per heavy atom. The second-order valence-corrected chi connectivity index (χ2v) is 5.40. The topological polar surface area (TPSA) is 79.7 Å². The molecule has 120 valence electrons. The van der Waals surface area contributed by atoms with Gasteiger partial charge in [-0.3, -0.25) is 15.0 Å². The predicted molar refractivity (Wildman–Crippen MR) is 89.2 cm³/mol. The zero-order valence-electron chi connectivity index (χ0n) is 12.3. The zero-order chi connectivity index (χ0) is 15.8. The summed E-state index contributed by atoms with van der Waals surface area (Å²) >= 11 is 5.19. The first-order valence-corrected chi connectivity index (χ1v) is 7.65. The minimum Gasteiger partial charge on any atom is -0.379 e. The fourth-order valence-electron chi connectivity index (χ4n) is 2.20. The lowest BCUT2D eigenvalue weighted by Crippen LogP contribution is -2.38. The number of benzene rings is 1. The van der Waals surface area contributed by atoms with Gasteiger partial charge in [-0.05, 0) is 31.2 Å². The van der Waals surface area contributed by atoms with Gasteiger partial charge in [-0.2, -0.15) is 0 Å². The van der Waals surface area contributed by atoms with Gasteiger partial charge in [0, 0.05) is 37.5 Å². The highest BCUT2D eigenvalue weighted by molar-refractivity contribution is 7.80. The minimum absolute atomic E-state index is 0.0418. The first kappa shape index (κ1) is 16.6. The standard InChI is InChI=1S/C14H20N4O3S/c19-18(20)13-4-1-3-12(11-13)16-14(22)15-5-2-6-17-7-9-21-10-8-17/h1,3-4,11H,2,5-10H2,(H2,15,16,22). The summed E-state index contributed by atoms with van der Waals surface area (Å²) in [5.41, 5.74) is 0.653. The molecule has 1 aromatic rings. The summed E-state index contributed by atoms with van der Waals surface area (Å²) in [6, 6.07) is 6.28. The summed E-state index contributed by atoms with van der Waals surface area (Å²) in [5.74, 6) is 0. The van der Waals surface area contributed by atoms with E-state index in [4.69, 9.17) is 17.0 Å². The Kier molecular flexibility index (Phi) is 6.50. The van der Waals surface area contributed by atoms with Crippen molar-refractivity contribution in [1.29, 1.82) is 0 Å². The number of non-ortho nitro benzene ring substituents is 1. The van der Waals surface area contributed by atoms with E-state index in [-0.39, 0.29) is 5.69 Å². The van der Waals surface area contributed by atoms with E-state index in [9.17, 15) is 10.1 Å². The van der Waals surface area contributed by atoms with E-state index in [1.54, 1.807) is 12.1 Å². The maximum atomic E-state index is 10.7. The molecule has 1 aromatic carbocycles. The largest absolute Gasteiger partial charge is 0.379 e. The highest BCUT2D eigenvalue weighted by atomic mass is 32.1. The molecule has 2 rings (SSSR count). The van der Waals surface area contributed by atoms with Gasteiger partial charge in [0.2, 0.25) is 0 Å². The first-order valence-electron chi connectivity index (χ1n) is 7.24. The van der Waals surface area contributed by atoms with Crippen molar-refractivity contribution in [2.24, 2.45) is 0 Å². The van der Waals surface area contributed by atoms with Crippen molar-refractivity contribution in [2.75, 3.05) is 44.7 Å². The second-order valence-electron chi connectivity index (χ2n) is 5.00. The molecule has 0 spiro atoms. The van der Waals surface area contributed by atoms with Crippen molar-refractivity contribution in [3.05, 3.63) is 34.4 Å². The van der Waals surface area contributed by atoms with Gasteiger partial charge in [0.05, 0.1) is 18.1 Å². The number of hydrogen-bond acceptors (Lipinski definition) is 5. The molecule has 0 radical (unpaired) electrons. The summed E-state index contributed by atoms with van der Waals surface area (Å²) in [6.07, 6.45) is 0.983. The van der Waals surface area contributed by atoms with Crippen LogP contribution in [0.5, 0.6) is 0 Å². The van der Waals surface area contributed by atoms with Gasteiger partial charge in [-0.1, -0.05) is 6.07 Å². The Balaban J connectivity index is 1.67. The minimum atomic E-state index is -0.427. The maximum Gasteiger partial charge on any atom is 0.271 e. The smallest absolute Gasteiger partial charge is 0.271 e. The van der Waals surface area contributed by atoms with E-state index < -0.39 is 4.92 Å². The Morgan fingerprint density at radius 3 is 2.91 bits per heavy atom. The molecule has 8 heteroatoms. The van der Waals surface area contributed by atoms with Crippen LogP contribution in [0.3, 0.4) is 0 Å². The summed E-state index contributed by atoms with van der Waals surface area (Å²) in [6.45, 7) is 5.35. The number of rotatable bonds is 6. The predicted octanol–water partition coefficient (Wildman–Crippen LogP) is 1.60. The van der Waals surface area contributed by atoms with Gasteiger partial charge in [-0.25, -0.2) is 0 Å². The maximum absolute atomic E-state index is 10.7. The zero-order valence-corrected chi connectivity index (χ0v) is 13.1. The second kappa shape index (κ2) is 8.62. The number of hydrogen-bond donors (Lipinski definition) is 2. The molecule has 1 aliphatic rings. The molecule has 0 unspecified atom stereocenters. The third kappa shape index (κ3) is 5.55. The molecular formula is C14H20N4O3S. The van der Waals surface area contributed by atoms with E-state index in [1.807, 2.05) is 0 Å². The summed E-state index contributed by atoms with van der Waals surface area (Å²) in [5, 5.41) is 17.3. The lowest BCUT2D eigenvalue weighted by Gasteiger charge is -2.26. The van der Waals surface area contributed by atoms with E-state index in [0.29, 0.717) is 10.8 Å². The van der Waals surface area contributed by atoms with Crippen molar-refractivity contribution in [2.45, 2.75) is 6.42 Å². The molecule has 0 bridgehead atoms. The fraction of sp³-hybridized carbons (Fsp3) is 0.500. The highest BCUT2D eigenvalue weighted by Gasteiger charge is 2.09. The van der Waals surface area contributed by atoms with Crippen LogP contribution in [0, 0.1) is 10.1 Å². The van der Waals surface area contributed by atoms with E-state index in [0.717, 1.165) is 45.8 Å². The van der Waals surface area contributed by atoms with Crippen molar-refractivity contribution in [1.82, 2.24) is 10.2 Å². The van der Waals surface area contributed by atoms with E-state index in [1.165, 1.54) is 12.1 Å². The number of anilines is 1. The molecule has 0 amide bonds. The van der Waals surface area contributed by atoms with Gasteiger partial charge in [0.25, 0.3) is 5.69 Å². The van der Waals surface area contributed by atoms with Crippen LogP contribution >= 0.6 is 12.2 Å². The highest BCUT2D eigenvalue weighted by Crippen LogP contribution is 2.16. The van der Waals surface area contributed by atoms with Crippen molar-refractivity contribution >= 4 is 28.7 Å². The molecular weight excluding hydrogens is 304 g/mol. The third-order valence-corrected chi connectivity index (χ3v) is 3.60. The summed E-state index contributed by atoms with van der Waals surface area (Å²) < 4.78 is 5.30. The monoisotopic (exact) mass is 324 g/mol. The molecule has 7 nitrogen and oxygen atoms in total. The Hall–Kier alpha value is -1.77. The quantitative estimate of drug-likeness (QED) is 0.356. The summed E-state index contributed by atoms with van der Waals surface area (Å²) in [4.78, 5) is 12.7. The fourth-order valence-corrected chi connectivity index (χ4v) is 2.42. The van der Waals surface area contributed by atoms with Crippen LogP contribution < -0.4 is 10.6 Å². The molecule has 1 fully saturated rings. The Labute approximate surface area is 134 Å². The molecule has 0 aliphatic carbocycles. The Bertz CT molecular complexity index is 521. The van der Waals surface area contributed by atoms with Gasteiger partial charge >= 0.3 is 0 Å². The number of ether oxygens (including phenoxy) is 1. The van der Waals surface area contributed by atoms with E-state index in [2.05, 4.69) is 15.5 Å². The van der Waals surface area contributed by atoms with E-state index >= 15 is 0 Å². The van der Waals surface area contributed by atoms with Gasteiger partial charge in [0.1, 0.15) is 0 Å². The SMILES string of the molecule is O=[N+]([O-])c1cccc(NC(=S)NCCCN2CCOCC2)c1. The number of nitro benzene ring substituents is 1. The molecule has 22 heavy (non-hydrogen) atoms. The molecule has 0 aromatic heterocycles. The Morgan fingerprint density at radius 1 is 1.41 bits per heavy atom. The number of nitrogens with zero attached hydrogens (tertiary/aromatic N) is 2. The lowest BCUT2D eigenvalue weighted by atomic mass is 10.3. The van der Waals surface area contributed by atoms with Crippen LogP contribution in [0.15, 0.2) is 24.3 Å². The number of nitro groups is 1. The summed E-state index contributed by atoms with van der Waals surface area (Å²) in [7, 11) is 0. The molecule has 0 atom stereocenters. The molecule has 1 aliphatic heterocycles. The van der Waals surface area contributed by atoms with Crippen molar-refractivity contribution in [3.8, 4) is 0 Å². The van der Waals surface area contributed by atoms with Crippen LogP contribution in [0.25, 0.3) is 0 Å². The van der Waals surface area contributed by atoms with Crippen LogP contribution in [0.1, 0.15) is 6.42 Å². The van der Waals surface area contributed by atoms with Gasteiger partial charge < -0.3 is 15.4 Å². The average molecular weight is 324 g/mol. The number of nitrogens with one attached hydrogen (secondary N) is 2. The van der Waals surface area contributed by atoms with Crippen LogP contribution in [0.4, 0.5) is 11.4 Å². The molecule has 1 saturated heterocycles. The van der Waals surface area contributed by atoms with Crippen molar-refractivity contribution < 1.29 is 9.66 Å². The van der Waals surface area contributed by atoms with Crippen LogP contribution in [-0.2, 0) is 4.74 Å². The molecule has 0 saturated carbocycles. The molecule has 1 heterocycles. The number of thiocarbonyl (C=S) groups is 1. The number of morpholine rings is 1. The lowest BCUT2D eigenvalue weighted by molar-refractivity contribution is -0.384. The normalized spacial score (nSPS) is 15.3. The average Bonchev–Trinajstić information content (AvgIpc) is 2.53. The van der Waals surface area contributed by atoms with Crippen LogP contribution in [0.2, 0.25) is 0 Å². The molecule has 2 N–H and O–H groups in total.